The smallest absolute Gasteiger partial charge is 0.320 e. The van der Waals surface area contributed by atoms with Crippen molar-refractivity contribution in [3.8, 4) is 11.1 Å². The van der Waals surface area contributed by atoms with Crippen LogP contribution in [-0.4, -0.2) is 22.3 Å². The lowest BCUT2D eigenvalue weighted by atomic mass is 10.00. The predicted molar refractivity (Wildman–Crippen MR) is 70.7 cm³/mol. The van der Waals surface area contributed by atoms with Gasteiger partial charge >= 0.3 is 5.97 Å². The summed E-state index contributed by atoms with van der Waals surface area (Å²) in [5, 5.41) is 12.7. The Hall–Kier alpha value is -2.14. The number of aliphatic carboxylic acids is 1. The second-order valence-corrected chi connectivity index (χ2v) is 4.54. The Morgan fingerprint density at radius 2 is 2.00 bits per heavy atom. The monoisotopic (exact) mass is 260 g/mol. The topological polar surface area (TPSA) is 89.4 Å². The Bertz CT molecular complexity index is 568. The highest BCUT2D eigenvalue weighted by Crippen LogP contribution is 2.26. The van der Waals surface area contributed by atoms with E-state index >= 15 is 0 Å². The van der Waals surface area contributed by atoms with Crippen molar-refractivity contribution < 1.29 is 14.4 Å². The summed E-state index contributed by atoms with van der Waals surface area (Å²) in [6.45, 7) is 3.75. The summed E-state index contributed by atoms with van der Waals surface area (Å²) < 4.78 is 5.13. The lowest BCUT2D eigenvalue weighted by Gasteiger charge is -2.07. The fourth-order valence-corrected chi connectivity index (χ4v) is 2.04. The molecule has 0 saturated heterocycles. The minimum absolute atomic E-state index is 0.317. The third-order valence-electron chi connectivity index (χ3n) is 3.05. The van der Waals surface area contributed by atoms with Gasteiger partial charge in [-0.3, -0.25) is 4.79 Å². The van der Waals surface area contributed by atoms with Gasteiger partial charge in [-0.05, 0) is 31.4 Å². The molecule has 0 aliphatic rings. The minimum Gasteiger partial charge on any atom is -0.480 e. The normalized spacial score (nSPS) is 12.4. The number of nitrogens with zero attached hydrogens (tertiary/aromatic N) is 1. The Balaban J connectivity index is 2.22. The van der Waals surface area contributed by atoms with Gasteiger partial charge < -0.3 is 15.4 Å². The summed E-state index contributed by atoms with van der Waals surface area (Å²) >= 11 is 0. The Labute approximate surface area is 111 Å². The Morgan fingerprint density at radius 1 is 1.37 bits per heavy atom. The van der Waals surface area contributed by atoms with Crippen LogP contribution in [0.2, 0.25) is 0 Å². The number of aryl methyl sites for hydroxylation is 2. The van der Waals surface area contributed by atoms with Crippen molar-refractivity contribution in [2.24, 2.45) is 5.73 Å². The molecule has 0 radical (unpaired) electrons. The number of aromatic nitrogens is 1. The van der Waals surface area contributed by atoms with E-state index in [1.165, 1.54) is 0 Å². The summed E-state index contributed by atoms with van der Waals surface area (Å²) in [5.41, 5.74) is 9.22. The van der Waals surface area contributed by atoms with Crippen LogP contribution in [0.4, 0.5) is 0 Å². The van der Waals surface area contributed by atoms with E-state index in [2.05, 4.69) is 5.16 Å². The largest absolute Gasteiger partial charge is 0.480 e. The average molecular weight is 260 g/mol. The van der Waals surface area contributed by atoms with Crippen molar-refractivity contribution in [2.45, 2.75) is 26.3 Å². The zero-order valence-corrected chi connectivity index (χ0v) is 10.9. The molecule has 5 nitrogen and oxygen atoms in total. The van der Waals surface area contributed by atoms with Crippen molar-refractivity contribution in [3.63, 3.8) is 0 Å². The summed E-state index contributed by atoms with van der Waals surface area (Å²) in [5.74, 6) is -0.220. The highest BCUT2D eigenvalue weighted by Gasteiger charge is 2.14. The van der Waals surface area contributed by atoms with Gasteiger partial charge in [0.2, 0.25) is 0 Å². The number of rotatable bonds is 4. The lowest BCUT2D eigenvalue weighted by molar-refractivity contribution is -0.138. The quantitative estimate of drug-likeness (QED) is 0.876. The third-order valence-corrected chi connectivity index (χ3v) is 3.05. The van der Waals surface area contributed by atoms with Gasteiger partial charge in [-0.25, -0.2) is 0 Å². The molecule has 3 N–H and O–H groups in total. The fourth-order valence-electron chi connectivity index (χ4n) is 2.04. The van der Waals surface area contributed by atoms with E-state index in [4.69, 9.17) is 15.4 Å². The molecule has 100 valence electrons. The maximum atomic E-state index is 10.7. The molecule has 1 aromatic heterocycles. The second kappa shape index (κ2) is 5.24. The molecule has 2 aromatic rings. The molecule has 0 amide bonds. The van der Waals surface area contributed by atoms with Crippen molar-refractivity contribution in [3.05, 3.63) is 41.3 Å². The van der Waals surface area contributed by atoms with E-state index in [-0.39, 0.29) is 0 Å². The molecule has 0 saturated carbocycles. The fraction of sp³-hybridized carbons (Fsp3) is 0.286. The highest BCUT2D eigenvalue weighted by molar-refractivity contribution is 5.73. The van der Waals surface area contributed by atoms with Crippen LogP contribution in [0.15, 0.2) is 28.8 Å². The first-order valence-electron chi connectivity index (χ1n) is 5.99. The molecule has 0 aliphatic heterocycles. The molecule has 5 heteroatoms. The Morgan fingerprint density at radius 3 is 2.47 bits per heavy atom. The maximum Gasteiger partial charge on any atom is 0.320 e. The number of carbonyl (C=O) groups is 1. The van der Waals surface area contributed by atoms with Crippen LogP contribution in [0, 0.1) is 13.8 Å². The van der Waals surface area contributed by atoms with Gasteiger partial charge in [0.15, 0.2) is 0 Å². The van der Waals surface area contributed by atoms with E-state index < -0.39 is 12.0 Å². The van der Waals surface area contributed by atoms with Crippen molar-refractivity contribution in [1.82, 2.24) is 5.16 Å². The summed E-state index contributed by atoms with van der Waals surface area (Å²) in [4.78, 5) is 10.7. The van der Waals surface area contributed by atoms with Gasteiger partial charge in [0.1, 0.15) is 11.8 Å². The molecule has 1 aromatic carbocycles. The van der Waals surface area contributed by atoms with Gasteiger partial charge in [-0.2, -0.15) is 0 Å². The minimum atomic E-state index is -0.991. The van der Waals surface area contributed by atoms with Crippen LogP contribution in [-0.2, 0) is 11.2 Å². The van der Waals surface area contributed by atoms with Crippen LogP contribution < -0.4 is 5.73 Å². The predicted octanol–water partition coefficient (Wildman–Crippen LogP) is 1.91. The van der Waals surface area contributed by atoms with E-state index in [1.807, 2.05) is 38.1 Å². The molecule has 0 aliphatic carbocycles. The Kier molecular flexibility index (Phi) is 3.66. The number of benzene rings is 1. The molecule has 0 fully saturated rings. The van der Waals surface area contributed by atoms with E-state index in [0.717, 1.165) is 28.1 Å². The summed E-state index contributed by atoms with van der Waals surface area (Å²) in [6, 6.07) is 6.74. The van der Waals surface area contributed by atoms with Crippen LogP contribution >= 0.6 is 0 Å². The standard InChI is InChI=1S/C14H16N2O3/c1-8-13(9(2)19-16-8)11-5-3-10(4-6-11)7-12(15)14(17)18/h3-6,12H,7,15H2,1-2H3,(H,17,18). The van der Waals surface area contributed by atoms with Gasteiger partial charge in [0.25, 0.3) is 0 Å². The van der Waals surface area contributed by atoms with E-state index in [9.17, 15) is 4.79 Å². The highest BCUT2D eigenvalue weighted by atomic mass is 16.5. The summed E-state index contributed by atoms with van der Waals surface area (Å²) in [6.07, 6.45) is 0.317. The zero-order valence-electron chi connectivity index (χ0n) is 10.9. The summed E-state index contributed by atoms with van der Waals surface area (Å²) in [7, 11) is 0. The molecule has 1 unspecified atom stereocenters. The van der Waals surface area contributed by atoms with Crippen molar-refractivity contribution in [1.29, 1.82) is 0 Å². The molecule has 1 atom stereocenters. The van der Waals surface area contributed by atoms with E-state index in [0.29, 0.717) is 6.42 Å². The molecule has 2 rings (SSSR count). The molecule has 0 spiro atoms. The number of carboxylic acids is 1. The molecular weight excluding hydrogens is 244 g/mol. The van der Waals surface area contributed by atoms with Gasteiger partial charge in [0, 0.05) is 5.56 Å². The first-order chi connectivity index (χ1) is 8.99. The van der Waals surface area contributed by atoms with Crippen molar-refractivity contribution in [2.75, 3.05) is 0 Å². The zero-order chi connectivity index (χ0) is 14.0. The lowest BCUT2D eigenvalue weighted by Crippen LogP contribution is -2.32. The first-order valence-corrected chi connectivity index (χ1v) is 5.99. The van der Waals surface area contributed by atoms with Crippen LogP contribution in [0.1, 0.15) is 17.0 Å². The number of hydrogen-bond acceptors (Lipinski definition) is 4. The van der Waals surface area contributed by atoms with Crippen LogP contribution in [0.25, 0.3) is 11.1 Å². The van der Waals surface area contributed by atoms with Crippen LogP contribution in [0.3, 0.4) is 0 Å². The molecule has 19 heavy (non-hydrogen) atoms. The van der Waals surface area contributed by atoms with Crippen molar-refractivity contribution >= 4 is 5.97 Å². The SMILES string of the molecule is Cc1noc(C)c1-c1ccc(CC(N)C(=O)O)cc1. The van der Waals surface area contributed by atoms with Gasteiger partial charge in [0.05, 0.1) is 5.69 Å². The second-order valence-electron chi connectivity index (χ2n) is 4.54. The van der Waals surface area contributed by atoms with Gasteiger partial charge in [-0.1, -0.05) is 29.4 Å². The van der Waals surface area contributed by atoms with Crippen LogP contribution in [0.5, 0.6) is 0 Å². The third kappa shape index (κ3) is 2.82. The number of nitrogens with two attached hydrogens (primary N) is 1. The maximum absolute atomic E-state index is 10.7. The average Bonchev–Trinajstić information content (AvgIpc) is 2.70. The first kappa shape index (κ1) is 13.3. The number of hydrogen-bond donors (Lipinski definition) is 2. The van der Waals surface area contributed by atoms with E-state index in [1.54, 1.807) is 0 Å². The number of carboxylic acid groups (broad SMARTS) is 1. The molecular formula is C14H16N2O3. The molecule has 1 heterocycles. The van der Waals surface area contributed by atoms with Gasteiger partial charge in [-0.15, -0.1) is 0 Å². The molecule has 0 bridgehead atoms.